The maximum absolute atomic E-state index is 14.2. The van der Waals surface area contributed by atoms with Crippen LogP contribution in [0.1, 0.15) is 99.3 Å². The fourth-order valence-corrected chi connectivity index (χ4v) is 10.9. The molecule has 0 spiro atoms. The van der Waals surface area contributed by atoms with Gasteiger partial charge in [-0.25, -0.2) is 0 Å². The number of alkyl halides is 1. The van der Waals surface area contributed by atoms with Crippen molar-refractivity contribution in [1.82, 2.24) is 0 Å². The molecule has 5 aliphatic carbocycles. The zero-order valence-electron chi connectivity index (χ0n) is 21.8. The molecule has 4 fully saturated rings. The molecule has 0 saturated heterocycles. The van der Waals surface area contributed by atoms with Crippen LogP contribution in [0.3, 0.4) is 0 Å². The maximum atomic E-state index is 14.2. The average Bonchev–Trinajstić information content (AvgIpc) is 2.73. The smallest absolute Gasteiger partial charge is 0.319 e. The molecule has 0 aromatic heterocycles. The highest BCUT2D eigenvalue weighted by atomic mass is 127. The third kappa shape index (κ3) is 2.98. The fourth-order valence-electron chi connectivity index (χ4n) is 10.2. The Morgan fingerprint density at radius 1 is 0.971 bits per heavy atom. The Kier molecular flexibility index (Phi) is 5.44. The predicted molar refractivity (Wildman–Crippen MR) is 142 cm³/mol. The van der Waals surface area contributed by atoms with Gasteiger partial charge in [-0.1, -0.05) is 69.7 Å². The van der Waals surface area contributed by atoms with Crippen molar-refractivity contribution in [2.24, 2.45) is 44.8 Å². The molecule has 0 aliphatic heterocycles. The quantitative estimate of drug-likeness (QED) is 0.271. The molecule has 2 N–H and O–H groups in total. The average molecular weight is 583 g/mol. The summed E-state index contributed by atoms with van der Waals surface area (Å²) in [6, 6.07) is 0. The molecule has 5 heteroatoms. The van der Waals surface area contributed by atoms with E-state index in [9.17, 15) is 19.8 Å². The van der Waals surface area contributed by atoms with Gasteiger partial charge in [-0.3, -0.25) is 9.59 Å². The Hall–Kier alpha value is -0.430. The van der Waals surface area contributed by atoms with Crippen LogP contribution in [0, 0.1) is 44.8 Å². The monoisotopic (exact) mass is 582 g/mol. The normalized spacial score (nSPS) is 54.1. The van der Waals surface area contributed by atoms with Gasteiger partial charge in [0.25, 0.3) is 0 Å². The largest absolute Gasteiger partial charge is 0.480 e. The summed E-state index contributed by atoms with van der Waals surface area (Å²) in [5.74, 6) is 0.0339. The number of fused-ring (bicyclic) bond motifs is 7. The van der Waals surface area contributed by atoms with Crippen LogP contribution < -0.4 is 0 Å². The molecule has 0 radical (unpaired) electrons. The van der Waals surface area contributed by atoms with Crippen LogP contribution in [0.2, 0.25) is 0 Å². The highest BCUT2D eigenvalue weighted by molar-refractivity contribution is 14.1. The number of rotatable bonds is 1. The zero-order valence-corrected chi connectivity index (χ0v) is 24.0. The van der Waals surface area contributed by atoms with Crippen LogP contribution in [0.4, 0.5) is 0 Å². The predicted octanol–water partition coefficient (Wildman–Crippen LogP) is 6.58. The number of carboxylic acid groups (broad SMARTS) is 1. The van der Waals surface area contributed by atoms with E-state index >= 15 is 0 Å². The van der Waals surface area contributed by atoms with Gasteiger partial charge in [0.05, 0.1) is 6.10 Å². The number of carbonyl (C=O) groups excluding carboxylic acids is 1. The first kappa shape index (κ1) is 25.2. The molecule has 0 amide bonds. The number of aliphatic carboxylic acids is 1. The number of aliphatic hydroxyl groups excluding tert-OH is 1. The topological polar surface area (TPSA) is 74.6 Å². The number of hydrogen-bond acceptors (Lipinski definition) is 3. The van der Waals surface area contributed by atoms with Gasteiger partial charge in [-0.2, -0.15) is 0 Å². The fraction of sp³-hybridized carbons (Fsp3) is 0.862. The van der Waals surface area contributed by atoms with Crippen molar-refractivity contribution in [2.75, 3.05) is 0 Å². The summed E-state index contributed by atoms with van der Waals surface area (Å²) >= 11 is 2.19. The summed E-state index contributed by atoms with van der Waals surface area (Å²) in [6.07, 6.45) is 9.90. The first-order valence-corrected chi connectivity index (χ1v) is 14.5. The number of aliphatic hydroxyl groups is 1. The summed E-state index contributed by atoms with van der Waals surface area (Å²) in [5.41, 5.74) is 0.835. The summed E-state index contributed by atoms with van der Waals surface area (Å²) in [4.78, 5) is 26.4. The minimum Gasteiger partial charge on any atom is -0.480 e. The van der Waals surface area contributed by atoms with Gasteiger partial charge in [0.2, 0.25) is 0 Å². The highest BCUT2D eigenvalue weighted by Gasteiger charge is 2.70. The summed E-state index contributed by atoms with van der Waals surface area (Å²) < 4.78 is -0.741. The molecule has 190 valence electrons. The van der Waals surface area contributed by atoms with Crippen LogP contribution >= 0.6 is 22.6 Å². The lowest BCUT2D eigenvalue weighted by atomic mass is 9.33. The third-order valence-corrected chi connectivity index (χ3v) is 14.1. The van der Waals surface area contributed by atoms with Crippen LogP contribution in [-0.4, -0.2) is 31.5 Å². The van der Waals surface area contributed by atoms with Crippen molar-refractivity contribution in [3.05, 3.63) is 11.6 Å². The summed E-state index contributed by atoms with van der Waals surface area (Å²) in [7, 11) is 0. The van der Waals surface area contributed by atoms with Crippen LogP contribution in [0.5, 0.6) is 0 Å². The van der Waals surface area contributed by atoms with Gasteiger partial charge in [0.15, 0.2) is 5.78 Å². The third-order valence-electron chi connectivity index (χ3n) is 12.7. The van der Waals surface area contributed by atoms with E-state index in [1.807, 2.05) is 6.08 Å². The molecular formula is C29H43IO4. The van der Waals surface area contributed by atoms with E-state index in [1.54, 1.807) is 0 Å². The number of hydrogen-bond donors (Lipinski definition) is 2. The zero-order chi connectivity index (χ0) is 25.1. The van der Waals surface area contributed by atoms with Gasteiger partial charge in [0, 0.05) is 5.92 Å². The number of halogens is 1. The lowest BCUT2D eigenvalue weighted by molar-refractivity contribution is -0.201. The Morgan fingerprint density at radius 3 is 2.26 bits per heavy atom. The van der Waals surface area contributed by atoms with Crippen molar-refractivity contribution in [1.29, 1.82) is 0 Å². The highest BCUT2D eigenvalue weighted by Crippen LogP contribution is 2.75. The molecule has 0 heterocycles. The van der Waals surface area contributed by atoms with E-state index in [0.717, 1.165) is 44.9 Å². The molecule has 0 aromatic rings. The van der Waals surface area contributed by atoms with E-state index in [2.05, 4.69) is 64.1 Å². The first-order chi connectivity index (χ1) is 15.6. The Bertz CT molecular complexity index is 971. The second-order valence-electron chi connectivity index (χ2n) is 14.3. The molecule has 3 unspecified atom stereocenters. The lowest BCUT2D eigenvalue weighted by Gasteiger charge is -2.70. The van der Waals surface area contributed by atoms with E-state index in [1.165, 1.54) is 5.57 Å². The molecule has 0 bridgehead atoms. The van der Waals surface area contributed by atoms with E-state index in [-0.39, 0.29) is 50.8 Å². The van der Waals surface area contributed by atoms with Crippen molar-refractivity contribution in [2.45, 2.75) is 109 Å². The van der Waals surface area contributed by atoms with Crippen molar-refractivity contribution in [3.8, 4) is 0 Å². The Balaban J connectivity index is 1.62. The van der Waals surface area contributed by atoms with Crippen LogP contribution in [0.15, 0.2) is 11.6 Å². The number of carbonyl (C=O) groups is 2. The molecule has 0 aromatic carbocycles. The Morgan fingerprint density at radius 2 is 1.62 bits per heavy atom. The lowest BCUT2D eigenvalue weighted by Crippen LogP contribution is -2.66. The molecular weight excluding hydrogens is 539 g/mol. The van der Waals surface area contributed by atoms with Gasteiger partial charge in [0.1, 0.15) is 3.42 Å². The van der Waals surface area contributed by atoms with Crippen molar-refractivity contribution in [3.63, 3.8) is 0 Å². The molecule has 5 rings (SSSR count). The minimum atomic E-state index is -0.741. The summed E-state index contributed by atoms with van der Waals surface area (Å²) in [5, 5.41) is 20.9. The maximum Gasteiger partial charge on any atom is 0.319 e. The van der Waals surface area contributed by atoms with Crippen LogP contribution in [-0.2, 0) is 9.59 Å². The molecule has 9 atom stereocenters. The second-order valence-corrected chi connectivity index (χ2v) is 16.4. The first-order valence-electron chi connectivity index (χ1n) is 13.4. The number of allylic oxidation sites excluding steroid dienone is 2. The van der Waals surface area contributed by atoms with Gasteiger partial charge in [-0.05, 0) is 103 Å². The van der Waals surface area contributed by atoms with Crippen molar-refractivity contribution >= 4 is 34.3 Å². The molecule has 4 saturated carbocycles. The van der Waals surface area contributed by atoms with Crippen LogP contribution in [0.25, 0.3) is 0 Å². The molecule has 5 aliphatic rings. The van der Waals surface area contributed by atoms with Gasteiger partial charge in [-0.15, -0.1) is 0 Å². The standard InChI is InChI=1S/C29H43IO4/c1-24(2)20-7-10-28(6)22(26(20,4)9-8-21(24)32)19(31)15-17-18-16-29(30,23(33)34)14-12-25(18,3)11-13-27(17,28)5/h15,18,20-22,32H,7-14,16H2,1-6H3,(H,33,34)/t18-,20?,21-,22?,25-,26-,27?,28+,29+/m0/s1. The molecule has 4 nitrogen and oxygen atoms in total. The minimum absolute atomic E-state index is 0.0314. The van der Waals surface area contributed by atoms with E-state index < -0.39 is 9.39 Å². The number of ketones is 1. The molecule has 34 heavy (non-hydrogen) atoms. The Labute approximate surface area is 218 Å². The summed E-state index contributed by atoms with van der Waals surface area (Å²) in [6.45, 7) is 13.9. The van der Waals surface area contributed by atoms with E-state index in [4.69, 9.17) is 0 Å². The van der Waals surface area contributed by atoms with E-state index in [0.29, 0.717) is 18.8 Å². The van der Waals surface area contributed by atoms with Crippen molar-refractivity contribution < 1.29 is 19.8 Å². The van der Waals surface area contributed by atoms with Gasteiger partial charge >= 0.3 is 5.97 Å². The number of carboxylic acids is 1. The SMILES string of the molecule is CC1(C)C2CC[C@]3(C)C(C(=O)C=C4[C@@H]5C[C@@](I)(C(=O)O)CC[C@]5(C)CCC43C)[C@@]2(C)CC[C@@H]1O. The second kappa shape index (κ2) is 7.33. The van der Waals surface area contributed by atoms with Gasteiger partial charge < -0.3 is 10.2 Å².